The Kier molecular flexibility index (Phi) is 4.96. The quantitative estimate of drug-likeness (QED) is 0.850. The molecule has 106 valence electrons. The van der Waals surface area contributed by atoms with Crippen LogP contribution >= 0.6 is 0 Å². The fourth-order valence-corrected chi connectivity index (χ4v) is 2.59. The summed E-state index contributed by atoms with van der Waals surface area (Å²) >= 11 is 0. The van der Waals surface area contributed by atoms with E-state index in [2.05, 4.69) is 39.5 Å². The molecule has 1 aromatic heterocycles. The Morgan fingerprint density at radius 2 is 2.21 bits per heavy atom. The number of hydrogen-bond donors (Lipinski definition) is 2. The van der Waals surface area contributed by atoms with E-state index >= 15 is 0 Å². The Balaban J connectivity index is 1.91. The van der Waals surface area contributed by atoms with E-state index in [-0.39, 0.29) is 0 Å². The van der Waals surface area contributed by atoms with Crippen molar-refractivity contribution in [1.29, 1.82) is 0 Å². The third-order valence-electron chi connectivity index (χ3n) is 3.48. The van der Waals surface area contributed by atoms with Crippen LogP contribution in [0.5, 0.6) is 0 Å². The number of anilines is 2. The second-order valence-electron chi connectivity index (χ2n) is 5.40. The van der Waals surface area contributed by atoms with E-state index in [9.17, 15) is 0 Å². The van der Waals surface area contributed by atoms with Gasteiger partial charge in [0.25, 0.3) is 0 Å². The minimum Gasteiger partial charge on any atom is -0.370 e. The maximum absolute atomic E-state index is 4.48. The Morgan fingerprint density at radius 1 is 1.37 bits per heavy atom. The molecule has 1 fully saturated rings. The normalized spacial score (nSPS) is 20.3. The third kappa shape index (κ3) is 4.35. The number of aromatic nitrogens is 2. The van der Waals surface area contributed by atoms with Crippen molar-refractivity contribution in [2.45, 2.75) is 26.7 Å². The molecule has 0 spiro atoms. The van der Waals surface area contributed by atoms with Gasteiger partial charge < -0.3 is 15.5 Å². The van der Waals surface area contributed by atoms with Gasteiger partial charge in [0.1, 0.15) is 5.82 Å². The van der Waals surface area contributed by atoms with Crippen LogP contribution in [0.4, 0.5) is 11.8 Å². The molecule has 5 nitrogen and oxygen atoms in total. The van der Waals surface area contributed by atoms with Gasteiger partial charge >= 0.3 is 0 Å². The first-order chi connectivity index (χ1) is 9.17. The van der Waals surface area contributed by atoms with Gasteiger partial charge in [0.05, 0.1) is 0 Å². The van der Waals surface area contributed by atoms with Crippen molar-refractivity contribution >= 4 is 11.8 Å². The summed E-state index contributed by atoms with van der Waals surface area (Å²) < 4.78 is 0. The molecule has 1 unspecified atom stereocenters. The highest BCUT2D eigenvalue weighted by Crippen LogP contribution is 2.16. The highest BCUT2D eigenvalue weighted by molar-refractivity contribution is 5.42. The number of likely N-dealkylation sites (tertiary alicyclic amines) is 1. The van der Waals surface area contributed by atoms with Crippen LogP contribution in [0.25, 0.3) is 0 Å². The number of nitrogens with one attached hydrogen (secondary N) is 2. The van der Waals surface area contributed by atoms with Crippen molar-refractivity contribution < 1.29 is 0 Å². The van der Waals surface area contributed by atoms with E-state index in [1.807, 2.05) is 13.0 Å². The molecule has 2 N–H and O–H groups in total. The molecule has 0 amide bonds. The zero-order chi connectivity index (χ0) is 13.7. The van der Waals surface area contributed by atoms with Crippen LogP contribution in [-0.2, 0) is 0 Å². The molecule has 0 saturated carbocycles. The van der Waals surface area contributed by atoms with Gasteiger partial charge in [-0.05, 0) is 46.2 Å². The molecule has 19 heavy (non-hydrogen) atoms. The van der Waals surface area contributed by atoms with Crippen molar-refractivity contribution in [3.05, 3.63) is 11.8 Å². The fourth-order valence-electron chi connectivity index (χ4n) is 2.59. The molecule has 1 aliphatic heterocycles. The Labute approximate surface area is 115 Å². The van der Waals surface area contributed by atoms with Crippen LogP contribution in [-0.4, -0.2) is 48.1 Å². The molecule has 1 atom stereocenters. The van der Waals surface area contributed by atoms with Crippen LogP contribution in [0.2, 0.25) is 0 Å². The summed E-state index contributed by atoms with van der Waals surface area (Å²) in [7, 11) is 2.20. The minimum absolute atomic E-state index is 0.714. The van der Waals surface area contributed by atoms with E-state index in [4.69, 9.17) is 0 Å². The molecule has 2 heterocycles. The molecular weight excluding hydrogens is 238 g/mol. The molecule has 0 aromatic carbocycles. The lowest BCUT2D eigenvalue weighted by Gasteiger charge is -2.29. The van der Waals surface area contributed by atoms with Gasteiger partial charge in [-0.2, -0.15) is 4.98 Å². The maximum Gasteiger partial charge on any atom is 0.224 e. The predicted octanol–water partition coefficient (Wildman–Crippen LogP) is 1.97. The van der Waals surface area contributed by atoms with Crippen molar-refractivity contribution in [2.24, 2.45) is 5.92 Å². The van der Waals surface area contributed by atoms with Gasteiger partial charge in [0.15, 0.2) is 0 Å². The maximum atomic E-state index is 4.48. The van der Waals surface area contributed by atoms with Crippen LogP contribution in [0.15, 0.2) is 6.07 Å². The zero-order valence-corrected chi connectivity index (χ0v) is 12.2. The van der Waals surface area contributed by atoms with Gasteiger partial charge in [-0.1, -0.05) is 0 Å². The van der Waals surface area contributed by atoms with E-state index in [0.717, 1.165) is 30.5 Å². The molecule has 2 rings (SSSR count). The van der Waals surface area contributed by atoms with Crippen LogP contribution in [0.1, 0.15) is 25.5 Å². The lowest BCUT2D eigenvalue weighted by atomic mass is 9.98. The highest BCUT2D eigenvalue weighted by atomic mass is 15.1. The van der Waals surface area contributed by atoms with Gasteiger partial charge in [0.2, 0.25) is 5.95 Å². The summed E-state index contributed by atoms with van der Waals surface area (Å²) in [6, 6.07) is 2.01. The average Bonchev–Trinajstić information content (AvgIpc) is 2.36. The van der Waals surface area contributed by atoms with Crippen molar-refractivity contribution in [2.75, 3.05) is 43.9 Å². The smallest absolute Gasteiger partial charge is 0.224 e. The molecule has 5 heteroatoms. The zero-order valence-electron chi connectivity index (χ0n) is 12.2. The van der Waals surface area contributed by atoms with Gasteiger partial charge in [-0.15, -0.1) is 0 Å². The molecule has 0 aliphatic carbocycles. The van der Waals surface area contributed by atoms with Crippen molar-refractivity contribution in [1.82, 2.24) is 14.9 Å². The summed E-state index contributed by atoms with van der Waals surface area (Å²) in [5, 5.41) is 6.62. The number of aryl methyl sites for hydroxylation is 1. The number of piperidine rings is 1. The molecular formula is C14H25N5. The molecule has 0 radical (unpaired) electrons. The predicted molar refractivity (Wildman–Crippen MR) is 79.6 cm³/mol. The lowest BCUT2D eigenvalue weighted by molar-refractivity contribution is 0.217. The van der Waals surface area contributed by atoms with Crippen LogP contribution in [0, 0.1) is 12.8 Å². The summed E-state index contributed by atoms with van der Waals surface area (Å²) in [6.45, 7) is 8.30. The van der Waals surface area contributed by atoms with Gasteiger partial charge in [-0.25, -0.2) is 4.98 Å². The first-order valence-electron chi connectivity index (χ1n) is 7.19. The summed E-state index contributed by atoms with van der Waals surface area (Å²) in [6.07, 6.45) is 2.61. The average molecular weight is 263 g/mol. The Bertz CT molecular complexity index is 407. The fraction of sp³-hybridized carbons (Fsp3) is 0.714. The van der Waals surface area contributed by atoms with Crippen LogP contribution < -0.4 is 10.6 Å². The number of nitrogens with zero attached hydrogens (tertiary/aromatic N) is 3. The van der Waals surface area contributed by atoms with Crippen molar-refractivity contribution in [3.63, 3.8) is 0 Å². The second kappa shape index (κ2) is 6.70. The van der Waals surface area contributed by atoms with Crippen molar-refractivity contribution in [3.8, 4) is 0 Å². The largest absolute Gasteiger partial charge is 0.370 e. The minimum atomic E-state index is 0.714. The summed E-state index contributed by atoms with van der Waals surface area (Å²) in [5.41, 5.74) is 0.995. The molecule has 1 saturated heterocycles. The number of rotatable bonds is 5. The lowest BCUT2D eigenvalue weighted by Crippen LogP contribution is -2.35. The molecule has 1 aromatic rings. The standard InChI is InChI=1S/C14H25N5/c1-4-15-14-17-11(2)8-13(18-14)16-9-12-6-5-7-19(3)10-12/h8,12H,4-7,9-10H2,1-3H3,(H2,15,16,17,18). The SMILES string of the molecule is CCNc1nc(C)cc(NCC2CCCN(C)C2)n1. The van der Waals surface area contributed by atoms with E-state index in [1.54, 1.807) is 0 Å². The molecule has 1 aliphatic rings. The number of hydrogen-bond acceptors (Lipinski definition) is 5. The monoisotopic (exact) mass is 263 g/mol. The summed E-state index contributed by atoms with van der Waals surface area (Å²) in [5.74, 6) is 2.36. The Morgan fingerprint density at radius 3 is 2.95 bits per heavy atom. The van der Waals surface area contributed by atoms with E-state index < -0.39 is 0 Å². The Hall–Kier alpha value is -1.36. The van der Waals surface area contributed by atoms with Gasteiger partial charge in [-0.3, -0.25) is 0 Å². The third-order valence-corrected chi connectivity index (χ3v) is 3.48. The summed E-state index contributed by atoms with van der Waals surface area (Å²) in [4.78, 5) is 11.2. The van der Waals surface area contributed by atoms with E-state index in [1.165, 1.54) is 25.9 Å². The highest BCUT2D eigenvalue weighted by Gasteiger charge is 2.16. The topological polar surface area (TPSA) is 53.1 Å². The first-order valence-corrected chi connectivity index (χ1v) is 7.19. The van der Waals surface area contributed by atoms with Gasteiger partial charge in [0, 0.05) is 31.4 Å². The molecule has 0 bridgehead atoms. The first kappa shape index (κ1) is 14.1. The second-order valence-corrected chi connectivity index (χ2v) is 5.40. The van der Waals surface area contributed by atoms with E-state index in [0.29, 0.717) is 5.95 Å². The van der Waals surface area contributed by atoms with Crippen LogP contribution in [0.3, 0.4) is 0 Å².